The van der Waals surface area contributed by atoms with E-state index in [1.807, 2.05) is 0 Å². The van der Waals surface area contributed by atoms with Crippen LogP contribution in [0.15, 0.2) is 34.5 Å². The molecule has 1 aromatic rings. The summed E-state index contributed by atoms with van der Waals surface area (Å²) in [7, 11) is 0. The Kier molecular flexibility index (Phi) is 3.09. The maximum absolute atomic E-state index is 11.0. The summed E-state index contributed by atoms with van der Waals surface area (Å²) in [5.41, 5.74) is 16.8. The second-order valence-corrected chi connectivity index (χ2v) is 2.23. The van der Waals surface area contributed by atoms with Gasteiger partial charge in [0.15, 0.2) is 0 Å². The third kappa shape index (κ3) is 2.25. The van der Waals surface area contributed by atoms with Gasteiger partial charge in [-0.15, -0.1) is 0 Å². The molecule has 14 heavy (non-hydrogen) atoms. The van der Waals surface area contributed by atoms with Crippen LogP contribution in [0.4, 0.5) is 5.69 Å². The Labute approximate surface area is 78.2 Å². The van der Waals surface area contributed by atoms with E-state index in [0.29, 0.717) is 5.69 Å². The van der Waals surface area contributed by atoms with E-state index in [-0.39, 0.29) is 5.56 Å². The molecular weight excluding hydrogens is 184 g/mol. The topological polar surface area (TPSA) is 115 Å². The molecule has 0 heterocycles. The van der Waals surface area contributed by atoms with Crippen LogP contribution in [-0.2, 0) is 0 Å². The monoisotopic (exact) mass is 188 g/mol. The summed E-state index contributed by atoms with van der Waals surface area (Å²) < 4.78 is 0. The normalized spacial score (nSPS) is 8.29. The molecule has 1 rings (SSSR count). The van der Waals surface area contributed by atoms with Gasteiger partial charge in [0, 0.05) is 21.1 Å². The lowest BCUT2D eigenvalue weighted by Gasteiger charge is -1.94. The molecule has 0 aliphatic heterocycles. The first-order valence-electron chi connectivity index (χ1n) is 3.52. The van der Waals surface area contributed by atoms with Crippen molar-refractivity contribution in [3.8, 4) is 0 Å². The quantitative estimate of drug-likeness (QED) is 0.396. The van der Waals surface area contributed by atoms with Crippen molar-refractivity contribution in [3.05, 3.63) is 50.7 Å². The number of nitrogens with zero attached hydrogens (tertiary/aromatic N) is 6. The Morgan fingerprint density at radius 1 is 1.14 bits per heavy atom. The van der Waals surface area contributed by atoms with Crippen molar-refractivity contribution in [1.29, 1.82) is 0 Å². The molecule has 0 spiro atoms. The molecule has 1 aromatic carbocycles. The van der Waals surface area contributed by atoms with Gasteiger partial charge in [-0.25, -0.2) is 0 Å². The number of amides is 1. The summed E-state index contributed by atoms with van der Waals surface area (Å²) in [6, 6.07) is 5.75. The fourth-order valence-corrected chi connectivity index (χ4v) is 0.821. The van der Waals surface area contributed by atoms with E-state index >= 15 is 0 Å². The van der Waals surface area contributed by atoms with Crippen molar-refractivity contribution in [2.45, 2.75) is 0 Å². The predicted octanol–water partition coefficient (Wildman–Crippen LogP) is 3.08. The van der Waals surface area contributed by atoms with E-state index in [1.165, 1.54) is 24.3 Å². The Morgan fingerprint density at radius 2 is 1.79 bits per heavy atom. The Hall–Kier alpha value is -2.49. The Morgan fingerprint density at radius 3 is 2.29 bits per heavy atom. The predicted molar refractivity (Wildman–Crippen MR) is 48.7 cm³/mol. The molecule has 0 atom stereocenters. The zero-order valence-corrected chi connectivity index (χ0v) is 6.90. The van der Waals surface area contributed by atoms with E-state index in [4.69, 9.17) is 11.1 Å². The molecule has 0 bridgehead atoms. The molecule has 0 fully saturated rings. The standard InChI is InChI=1S/C7H4N6O/c8-12-10-6-3-1-5(2-4-6)7(14)11-13-9/h1-4H. The SMILES string of the molecule is [N-]=[N+]=NC(=O)c1ccc(N=[N+]=[N-])cc1. The fraction of sp³-hybridized carbons (Fsp3) is 0. The number of rotatable bonds is 2. The molecule has 0 aliphatic rings. The Balaban J connectivity index is 2.98. The van der Waals surface area contributed by atoms with Crippen LogP contribution < -0.4 is 0 Å². The highest BCUT2D eigenvalue weighted by Crippen LogP contribution is 2.13. The highest BCUT2D eigenvalue weighted by Gasteiger charge is 2.01. The van der Waals surface area contributed by atoms with Gasteiger partial charge < -0.3 is 0 Å². The van der Waals surface area contributed by atoms with Crippen LogP contribution in [-0.4, -0.2) is 5.91 Å². The van der Waals surface area contributed by atoms with Crippen LogP contribution in [0, 0.1) is 0 Å². The molecule has 7 heteroatoms. The van der Waals surface area contributed by atoms with Crippen molar-refractivity contribution in [3.63, 3.8) is 0 Å². The van der Waals surface area contributed by atoms with Crippen molar-refractivity contribution in [1.82, 2.24) is 0 Å². The molecule has 0 unspecified atom stereocenters. The van der Waals surface area contributed by atoms with Gasteiger partial charge in [-0.05, 0) is 16.2 Å². The molecule has 0 radical (unpaired) electrons. The fourth-order valence-electron chi connectivity index (χ4n) is 0.821. The molecule has 0 N–H and O–H groups in total. The number of azide groups is 2. The average molecular weight is 188 g/mol. The minimum atomic E-state index is -0.667. The van der Waals surface area contributed by atoms with Crippen molar-refractivity contribution in [2.24, 2.45) is 10.2 Å². The van der Waals surface area contributed by atoms with Crippen molar-refractivity contribution >= 4 is 11.6 Å². The highest BCUT2D eigenvalue weighted by molar-refractivity contribution is 5.95. The first kappa shape index (κ1) is 9.60. The maximum Gasteiger partial charge on any atom is 0.249 e. The zero-order valence-electron chi connectivity index (χ0n) is 6.90. The first-order chi connectivity index (χ1) is 6.77. The number of hydrogen-bond donors (Lipinski definition) is 0. The van der Waals surface area contributed by atoms with E-state index in [1.54, 1.807) is 0 Å². The lowest BCUT2D eigenvalue weighted by atomic mass is 10.2. The summed E-state index contributed by atoms with van der Waals surface area (Å²) in [4.78, 5) is 15.9. The summed E-state index contributed by atoms with van der Waals surface area (Å²) in [6.45, 7) is 0. The maximum atomic E-state index is 11.0. The van der Waals surface area contributed by atoms with Crippen LogP contribution >= 0.6 is 0 Å². The van der Waals surface area contributed by atoms with Gasteiger partial charge in [-0.3, -0.25) is 4.79 Å². The number of hydrogen-bond acceptors (Lipinski definition) is 2. The van der Waals surface area contributed by atoms with Gasteiger partial charge in [0.25, 0.3) is 0 Å². The molecule has 68 valence electrons. The number of benzene rings is 1. The van der Waals surface area contributed by atoms with E-state index < -0.39 is 5.91 Å². The molecule has 0 saturated heterocycles. The number of carbonyl (C=O) groups excluding carboxylic acids is 1. The van der Waals surface area contributed by atoms with Crippen LogP contribution in [0.25, 0.3) is 20.9 Å². The highest BCUT2D eigenvalue weighted by atomic mass is 16.1. The van der Waals surface area contributed by atoms with E-state index in [9.17, 15) is 4.79 Å². The van der Waals surface area contributed by atoms with Crippen molar-refractivity contribution < 1.29 is 4.79 Å². The van der Waals surface area contributed by atoms with E-state index in [2.05, 4.69) is 20.1 Å². The van der Waals surface area contributed by atoms with Crippen LogP contribution in [0.5, 0.6) is 0 Å². The molecule has 1 amide bonds. The van der Waals surface area contributed by atoms with Gasteiger partial charge in [-0.1, -0.05) is 29.4 Å². The van der Waals surface area contributed by atoms with Crippen LogP contribution in [0.2, 0.25) is 0 Å². The second-order valence-electron chi connectivity index (χ2n) is 2.23. The Bertz CT molecular complexity index is 438. The van der Waals surface area contributed by atoms with Gasteiger partial charge in [0.05, 0.1) is 0 Å². The molecule has 0 aromatic heterocycles. The molecule has 0 saturated carbocycles. The van der Waals surface area contributed by atoms with Crippen LogP contribution in [0.3, 0.4) is 0 Å². The van der Waals surface area contributed by atoms with Gasteiger partial charge in [-0.2, -0.15) is 0 Å². The van der Waals surface area contributed by atoms with Crippen molar-refractivity contribution in [2.75, 3.05) is 0 Å². The first-order valence-corrected chi connectivity index (χ1v) is 3.52. The molecule has 7 nitrogen and oxygen atoms in total. The summed E-state index contributed by atoms with van der Waals surface area (Å²) in [5.74, 6) is -0.667. The lowest BCUT2D eigenvalue weighted by molar-refractivity contribution is 0.100. The smallest absolute Gasteiger partial charge is 0.249 e. The van der Waals surface area contributed by atoms with Gasteiger partial charge in [0.1, 0.15) is 0 Å². The lowest BCUT2D eigenvalue weighted by Crippen LogP contribution is -1.91. The zero-order chi connectivity index (χ0) is 10.4. The summed E-state index contributed by atoms with van der Waals surface area (Å²) in [6.07, 6.45) is 0. The summed E-state index contributed by atoms with van der Waals surface area (Å²) in [5, 5.41) is 6.23. The number of carbonyl (C=O) groups is 1. The second kappa shape index (κ2) is 4.51. The third-order valence-corrected chi connectivity index (χ3v) is 1.41. The van der Waals surface area contributed by atoms with Crippen LogP contribution in [0.1, 0.15) is 10.4 Å². The van der Waals surface area contributed by atoms with Gasteiger partial charge in [0.2, 0.25) is 5.91 Å². The molecular formula is C7H4N6O. The average Bonchev–Trinajstić information content (AvgIpc) is 2.20. The van der Waals surface area contributed by atoms with Gasteiger partial charge >= 0.3 is 0 Å². The molecule has 0 aliphatic carbocycles. The minimum absolute atomic E-state index is 0.250. The minimum Gasteiger partial charge on any atom is -0.287 e. The third-order valence-electron chi connectivity index (χ3n) is 1.41. The van der Waals surface area contributed by atoms with E-state index in [0.717, 1.165) is 0 Å². The summed E-state index contributed by atoms with van der Waals surface area (Å²) >= 11 is 0. The largest absolute Gasteiger partial charge is 0.287 e.